The molecule has 1 aliphatic heterocycles. The van der Waals surface area contributed by atoms with E-state index in [0.717, 1.165) is 6.42 Å². The van der Waals surface area contributed by atoms with Crippen LogP contribution in [0, 0.1) is 5.92 Å². The van der Waals surface area contributed by atoms with Crippen molar-refractivity contribution in [1.29, 1.82) is 0 Å². The summed E-state index contributed by atoms with van der Waals surface area (Å²) in [5.74, 6) is -0.320. The Labute approximate surface area is 132 Å². The summed E-state index contributed by atoms with van der Waals surface area (Å²) in [7, 11) is 1.26. The van der Waals surface area contributed by atoms with Gasteiger partial charge in [-0.2, -0.15) is 0 Å². The second-order valence-electron chi connectivity index (χ2n) is 5.05. The van der Waals surface area contributed by atoms with Crippen molar-refractivity contribution in [3.63, 3.8) is 0 Å². The van der Waals surface area contributed by atoms with Crippen molar-refractivity contribution in [1.82, 2.24) is 13.7 Å². The Balaban J connectivity index is 2.65. The van der Waals surface area contributed by atoms with Crippen molar-refractivity contribution in [2.24, 2.45) is 5.92 Å². The first-order chi connectivity index (χ1) is 9.40. The van der Waals surface area contributed by atoms with Gasteiger partial charge in [0.15, 0.2) is 0 Å². The molecule has 1 aliphatic rings. The molecule has 3 amide bonds. The van der Waals surface area contributed by atoms with Gasteiger partial charge in [0, 0.05) is 19.0 Å². The van der Waals surface area contributed by atoms with Gasteiger partial charge >= 0.3 is 6.09 Å². The highest BCUT2D eigenvalue weighted by Crippen LogP contribution is 2.23. The average Bonchev–Trinajstić information content (AvgIpc) is 2.39. The highest BCUT2D eigenvalue weighted by atomic mass is 127. The smallest absolute Gasteiger partial charge is 0.407 e. The number of amides is 3. The Kier molecular flexibility index (Phi) is 6.50. The summed E-state index contributed by atoms with van der Waals surface area (Å²) in [5, 5.41) is 2.55. The normalized spacial score (nSPS) is 19.1. The zero-order valence-corrected chi connectivity index (χ0v) is 14.0. The number of carbonyl (C=O) groups is 3. The van der Waals surface area contributed by atoms with Gasteiger partial charge in [-0.15, -0.1) is 0 Å². The number of nitrogens with zero attached hydrogens (tertiary/aromatic N) is 1. The lowest BCUT2D eigenvalue weighted by atomic mass is 9.95. The number of methoxy groups -OCH3 is 1. The van der Waals surface area contributed by atoms with Crippen LogP contribution in [0.1, 0.15) is 26.7 Å². The van der Waals surface area contributed by atoms with Crippen LogP contribution in [0.3, 0.4) is 0 Å². The van der Waals surface area contributed by atoms with E-state index in [1.165, 1.54) is 7.11 Å². The molecular formula is C12H20IN3O4. The van der Waals surface area contributed by atoms with Crippen molar-refractivity contribution in [3.8, 4) is 0 Å². The second-order valence-corrected chi connectivity index (χ2v) is 5.59. The number of hydrogen-bond acceptors (Lipinski definition) is 4. The maximum Gasteiger partial charge on any atom is 0.407 e. The highest BCUT2D eigenvalue weighted by molar-refractivity contribution is 14.1. The van der Waals surface area contributed by atoms with Gasteiger partial charge in [-0.25, -0.2) is 4.79 Å². The number of rotatable bonds is 5. The fraction of sp³-hybridized carbons (Fsp3) is 0.750. The summed E-state index contributed by atoms with van der Waals surface area (Å²) >= 11 is 1.78. The van der Waals surface area contributed by atoms with Crippen molar-refractivity contribution >= 4 is 40.8 Å². The van der Waals surface area contributed by atoms with Gasteiger partial charge in [0.1, 0.15) is 6.04 Å². The first-order valence-corrected chi connectivity index (χ1v) is 7.53. The van der Waals surface area contributed by atoms with Crippen LogP contribution in [0.5, 0.6) is 0 Å². The minimum atomic E-state index is -0.632. The summed E-state index contributed by atoms with van der Waals surface area (Å²) in [4.78, 5) is 36.7. The van der Waals surface area contributed by atoms with Crippen molar-refractivity contribution < 1.29 is 19.1 Å². The minimum absolute atomic E-state index is 0.0544. The number of alkyl carbamates (subject to hydrolysis) is 1. The van der Waals surface area contributed by atoms with E-state index in [9.17, 15) is 14.4 Å². The lowest BCUT2D eigenvalue weighted by molar-refractivity contribution is -0.143. The first kappa shape index (κ1) is 17.0. The topological polar surface area (TPSA) is 87.7 Å². The van der Waals surface area contributed by atoms with E-state index in [2.05, 4.69) is 13.6 Å². The molecule has 114 valence electrons. The number of halogens is 1. The number of nitrogens with one attached hydrogen (secondary N) is 2. The molecule has 1 fully saturated rings. The van der Waals surface area contributed by atoms with Crippen LogP contribution >= 0.6 is 22.9 Å². The predicted molar refractivity (Wildman–Crippen MR) is 81.1 cm³/mol. The zero-order chi connectivity index (χ0) is 15.3. The van der Waals surface area contributed by atoms with Crippen molar-refractivity contribution in [2.45, 2.75) is 38.8 Å². The van der Waals surface area contributed by atoms with Crippen molar-refractivity contribution in [3.05, 3.63) is 0 Å². The van der Waals surface area contributed by atoms with Gasteiger partial charge in [0.05, 0.1) is 30.0 Å². The molecule has 2 atom stereocenters. The largest absolute Gasteiger partial charge is 0.453 e. The van der Waals surface area contributed by atoms with Gasteiger partial charge in [-0.05, 0) is 12.3 Å². The molecular weight excluding hydrogens is 377 g/mol. The summed E-state index contributed by atoms with van der Waals surface area (Å²) in [5.41, 5.74) is 0. The van der Waals surface area contributed by atoms with Gasteiger partial charge in [0.2, 0.25) is 11.8 Å². The molecule has 0 aliphatic carbocycles. The van der Waals surface area contributed by atoms with E-state index < -0.39 is 12.1 Å². The summed E-state index contributed by atoms with van der Waals surface area (Å²) in [6, 6.07) is -0.717. The minimum Gasteiger partial charge on any atom is -0.453 e. The Bertz CT molecular complexity index is 389. The lowest BCUT2D eigenvalue weighted by Crippen LogP contribution is -2.59. The molecule has 1 heterocycles. The first-order valence-electron chi connectivity index (χ1n) is 6.45. The quantitative estimate of drug-likeness (QED) is 0.532. The SMILES string of the molecule is COC(=O)N[C@H](C(=O)N1CC[C@H]1CC(=O)NI)C(C)C. The molecule has 0 aromatic carbocycles. The van der Waals surface area contributed by atoms with Crippen LogP contribution in [-0.2, 0) is 14.3 Å². The van der Waals surface area contributed by atoms with E-state index in [0.29, 0.717) is 6.54 Å². The molecule has 0 radical (unpaired) electrons. The summed E-state index contributed by atoms with van der Waals surface area (Å²) in [6.45, 7) is 4.32. The monoisotopic (exact) mass is 397 g/mol. The molecule has 2 N–H and O–H groups in total. The maximum absolute atomic E-state index is 12.4. The van der Waals surface area contributed by atoms with Crippen LogP contribution in [0.4, 0.5) is 4.79 Å². The average molecular weight is 397 g/mol. The van der Waals surface area contributed by atoms with Gasteiger partial charge in [0.25, 0.3) is 0 Å². The van der Waals surface area contributed by atoms with Gasteiger partial charge in [-0.3, -0.25) is 13.1 Å². The number of likely N-dealkylation sites (tertiary alicyclic amines) is 1. The van der Waals surface area contributed by atoms with Gasteiger partial charge in [-0.1, -0.05) is 13.8 Å². The van der Waals surface area contributed by atoms with Crippen LogP contribution in [0.25, 0.3) is 0 Å². The third kappa shape index (κ3) is 4.22. The highest BCUT2D eigenvalue weighted by Gasteiger charge is 2.38. The van der Waals surface area contributed by atoms with Crippen LogP contribution in [0.15, 0.2) is 0 Å². The molecule has 20 heavy (non-hydrogen) atoms. The van der Waals surface area contributed by atoms with E-state index in [1.807, 2.05) is 13.8 Å². The third-order valence-electron chi connectivity index (χ3n) is 3.34. The van der Waals surface area contributed by atoms with E-state index in [4.69, 9.17) is 0 Å². The molecule has 0 bridgehead atoms. The van der Waals surface area contributed by atoms with E-state index in [-0.39, 0.29) is 30.2 Å². The molecule has 1 rings (SSSR count). The molecule has 0 aromatic rings. The predicted octanol–water partition coefficient (Wildman–Crippen LogP) is 0.824. The molecule has 0 spiro atoms. The molecule has 0 saturated carbocycles. The Hall–Kier alpha value is -1.06. The molecule has 1 saturated heterocycles. The molecule has 7 nitrogen and oxygen atoms in total. The fourth-order valence-electron chi connectivity index (χ4n) is 2.07. The Morgan fingerprint density at radius 2 is 2.05 bits per heavy atom. The summed E-state index contributed by atoms with van der Waals surface area (Å²) in [6.07, 6.45) is 0.468. The van der Waals surface area contributed by atoms with Crippen LogP contribution in [0.2, 0.25) is 0 Å². The standard InChI is InChI=1S/C12H20IN3O4/c1-7(2)10(14-12(19)20-3)11(18)16-5-4-8(16)6-9(17)15-13/h7-8,10H,4-6H2,1-3H3,(H,14,19)(H,15,17)/t8-,10-/m0/s1. The Morgan fingerprint density at radius 1 is 1.40 bits per heavy atom. The second kappa shape index (κ2) is 7.65. The third-order valence-corrected chi connectivity index (χ3v) is 3.95. The van der Waals surface area contributed by atoms with Crippen LogP contribution < -0.4 is 8.85 Å². The maximum atomic E-state index is 12.4. The number of ether oxygens (including phenoxy) is 1. The number of carbonyl (C=O) groups excluding carboxylic acids is 3. The molecule has 0 unspecified atom stereocenters. The molecule has 0 aromatic heterocycles. The van der Waals surface area contributed by atoms with Gasteiger partial charge < -0.3 is 15.0 Å². The zero-order valence-electron chi connectivity index (χ0n) is 11.8. The van der Waals surface area contributed by atoms with Crippen LogP contribution in [-0.4, -0.2) is 48.5 Å². The molecule has 8 heteroatoms. The lowest BCUT2D eigenvalue weighted by Gasteiger charge is -2.43. The fourth-order valence-corrected chi connectivity index (χ4v) is 2.29. The Morgan fingerprint density at radius 3 is 2.45 bits per heavy atom. The number of hydrogen-bond donors (Lipinski definition) is 2. The van der Waals surface area contributed by atoms with Crippen molar-refractivity contribution in [2.75, 3.05) is 13.7 Å². The van der Waals surface area contributed by atoms with E-state index >= 15 is 0 Å². The van der Waals surface area contributed by atoms with E-state index in [1.54, 1.807) is 27.8 Å². The summed E-state index contributed by atoms with van der Waals surface area (Å²) < 4.78 is 7.06.